The molecule has 0 aliphatic heterocycles. The van der Waals surface area contributed by atoms with Gasteiger partial charge in [-0.2, -0.15) is 0 Å². The first-order chi connectivity index (χ1) is 9.77. The van der Waals surface area contributed by atoms with Crippen LogP contribution in [0.25, 0.3) is 0 Å². The van der Waals surface area contributed by atoms with Crippen LogP contribution in [0.1, 0.15) is 39.2 Å². The molecule has 2 N–H and O–H groups in total. The summed E-state index contributed by atoms with van der Waals surface area (Å²) in [4.78, 5) is -0.397. The zero-order valence-corrected chi connectivity index (χ0v) is 14.1. The van der Waals surface area contributed by atoms with E-state index in [0.29, 0.717) is 6.42 Å². The summed E-state index contributed by atoms with van der Waals surface area (Å²) in [6.07, 6.45) is 1.55. The second-order valence-electron chi connectivity index (χ2n) is 5.16. The molecule has 0 aromatic heterocycles. The summed E-state index contributed by atoms with van der Waals surface area (Å²) < 4.78 is 41.1. The van der Waals surface area contributed by atoms with Crippen molar-refractivity contribution in [3.05, 3.63) is 28.5 Å². The van der Waals surface area contributed by atoms with Crippen molar-refractivity contribution in [2.75, 3.05) is 6.54 Å². The second kappa shape index (κ2) is 8.08. The van der Waals surface area contributed by atoms with Crippen molar-refractivity contribution in [2.24, 2.45) is 0 Å². The first-order valence-corrected chi connectivity index (χ1v) is 8.85. The molecule has 1 rings (SSSR count). The number of hydrogen-bond donors (Lipinski definition) is 2. The van der Waals surface area contributed by atoms with Crippen LogP contribution in [0.3, 0.4) is 0 Å². The number of hydrogen-bond acceptors (Lipinski definition) is 3. The zero-order valence-electron chi connectivity index (χ0n) is 12.5. The summed E-state index contributed by atoms with van der Waals surface area (Å²) in [6, 6.07) is 2.74. The van der Waals surface area contributed by atoms with Gasteiger partial charge in [0.2, 0.25) is 10.0 Å². The summed E-state index contributed by atoms with van der Waals surface area (Å²) in [7, 11) is -3.88. The van der Waals surface area contributed by atoms with E-state index in [0.717, 1.165) is 12.5 Å². The Kier molecular flexibility index (Phi) is 7.06. The highest BCUT2D eigenvalue weighted by Gasteiger charge is 2.22. The minimum absolute atomic E-state index is 0.158. The van der Waals surface area contributed by atoms with E-state index in [4.69, 9.17) is 11.6 Å². The fraction of sp³-hybridized carbons (Fsp3) is 0.571. The first-order valence-electron chi connectivity index (χ1n) is 6.99. The van der Waals surface area contributed by atoms with Crippen LogP contribution in [-0.2, 0) is 16.6 Å². The van der Waals surface area contributed by atoms with Crippen LogP contribution in [0.4, 0.5) is 4.39 Å². The Morgan fingerprint density at radius 3 is 2.57 bits per heavy atom. The zero-order chi connectivity index (χ0) is 16.0. The molecule has 21 heavy (non-hydrogen) atoms. The van der Waals surface area contributed by atoms with Gasteiger partial charge in [0.05, 0.1) is 0 Å². The number of halogens is 2. The fourth-order valence-corrected chi connectivity index (χ4v) is 3.24. The Morgan fingerprint density at radius 1 is 1.33 bits per heavy atom. The molecule has 0 spiro atoms. The van der Waals surface area contributed by atoms with Gasteiger partial charge in [-0.1, -0.05) is 38.8 Å². The number of sulfonamides is 1. The van der Waals surface area contributed by atoms with Crippen LogP contribution < -0.4 is 10.0 Å². The maximum absolute atomic E-state index is 14.4. The molecule has 0 saturated carbocycles. The van der Waals surface area contributed by atoms with Gasteiger partial charge in [0.25, 0.3) is 0 Å². The number of nitrogens with one attached hydrogen (secondary N) is 2. The molecule has 0 aliphatic carbocycles. The van der Waals surface area contributed by atoms with Crippen molar-refractivity contribution in [3.8, 4) is 0 Å². The lowest BCUT2D eigenvalue weighted by atomic mass is 10.2. The van der Waals surface area contributed by atoms with E-state index in [1.165, 1.54) is 6.07 Å². The van der Waals surface area contributed by atoms with Crippen LogP contribution in [-0.4, -0.2) is 21.0 Å². The maximum atomic E-state index is 14.4. The monoisotopic (exact) mass is 336 g/mol. The summed E-state index contributed by atoms with van der Waals surface area (Å²) >= 11 is 5.92. The Balaban J connectivity index is 3.06. The normalized spacial score (nSPS) is 12.1. The predicted octanol–water partition coefficient (Wildman–Crippen LogP) is 3.06. The largest absolute Gasteiger partial charge is 0.310 e. The highest BCUT2D eigenvalue weighted by molar-refractivity contribution is 7.89. The highest BCUT2D eigenvalue weighted by atomic mass is 35.5. The van der Waals surface area contributed by atoms with E-state index in [1.54, 1.807) is 0 Å². The molecule has 0 radical (unpaired) electrons. The quantitative estimate of drug-likeness (QED) is 0.717. The molecule has 4 nitrogen and oxygen atoms in total. The van der Waals surface area contributed by atoms with Crippen LogP contribution in [0.5, 0.6) is 0 Å². The molecular weight excluding hydrogens is 315 g/mol. The number of benzene rings is 1. The van der Waals surface area contributed by atoms with E-state index in [1.807, 2.05) is 20.8 Å². The standard InChI is InChI=1S/C14H22ClFN2O2S/c1-4-5-6-18-21(19,20)13-8-12(15)7-11(14(13)16)9-17-10(2)3/h7-8,10,17-18H,4-6,9H2,1-3H3. The van der Waals surface area contributed by atoms with Crippen LogP contribution in [0.15, 0.2) is 17.0 Å². The van der Waals surface area contributed by atoms with Crippen molar-refractivity contribution in [1.29, 1.82) is 0 Å². The molecule has 7 heteroatoms. The molecule has 1 aromatic carbocycles. The van der Waals surface area contributed by atoms with Gasteiger partial charge in [0.15, 0.2) is 0 Å². The van der Waals surface area contributed by atoms with Gasteiger partial charge in [0.1, 0.15) is 10.7 Å². The summed E-state index contributed by atoms with van der Waals surface area (Å²) in [5.41, 5.74) is 0.243. The highest BCUT2D eigenvalue weighted by Crippen LogP contribution is 2.23. The minimum atomic E-state index is -3.88. The van der Waals surface area contributed by atoms with E-state index >= 15 is 0 Å². The fourth-order valence-electron chi connectivity index (χ4n) is 1.72. The molecule has 120 valence electrons. The first kappa shape index (κ1) is 18.4. The molecule has 0 amide bonds. The Bertz CT molecular complexity index is 577. The Labute approximate surface area is 131 Å². The summed E-state index contributed by atoms with van der Waals surface area (Å²) in [6.45, 7) is 6.30. The van der Waals surface area contributed by atoms with Crippen molar-refractivity contribution in [2.45, 2.75) is 51.1 Å². The van der Waals surface area contributed by atoms with Crippen molar-refractivity contribution < 1.29 is 12.8 Å². The summed E-state index contributed by atoms with van der Waals surface area (Å²) in [5, 5.41) is 3.25. The van der Waals surface area contributed by atoms with Crippen LogP contribution in [0.2, 0.25) is 5.02 Å². The molecule has 0 heterocycles. The van der Waals surface area contributed by atoms with Crippen LogP contribution >= 0.6 is 11.6 Å². The van der Waals surface area contributed by atoms with E-state index in [2.05, 4.69) is 10.0 Å². The van der Waals surface area contributed by atoms with E-state index < -0.39 is 20.7 Å². The lowest BCUT2D eigenvalue weighted by Crippen LogP contribution is -2.27. The van der Waals surface area contributed by atoms with Crippen molar-refractivity contribution >= 4 is 21.6 Å². The lowest BCUT2D eigenvalue weighted by molar-refractivity contribution is 0.528. The van der Waals surface area contributed by atoms with Gasteiger partial charge >= 0.3 is 0 Å². The molecule has 0 fully saturated rings. The minimum Gasteiger partial charge on any atom is -0.310 e. The van der Waals surface area contributed by atoms with Gasteiger partial charge in [0, 0.05) is 29.7 Å². The SMILES string of the molecule is CCCCNS(=O)(=O)c1cc(Cl)cc(CNC(C)C)c1F. The number of rotatable bonds is 8. The van der Waals surface area contributed by atoms with Gasteiger partial charge in [-0.25, -0.2) is 17.5 Å². The molecule has 0 saturated heterocycles. The molecule has 0 unspecified atom stereocenters. The van der Waals surface area contributed by atoms with Gasteiger partial charge < -0.3 is 5.32 Å². The predicted molar refractivity (Wildman–Crippen MR) is 83.5 cm³/mol. The lowest BCUT2D eigenvalue weighted by Gasteiger charge is -2.13. The Hall–Kier alpha value is -0.690. The van der Waals surface area contributed by atoms with Crippen molar-refractivity contribution in [1.82, 2.24) is 10.0 Å². The molecular formula is C14H22ClFN2O2S. The van der Waals surface area contributed by atoms with Gasteiger partial charge in [-0.15, -0.1) is 0 Å². The third-order valence-electron chi connectivity index (χ3n) is 2.89. The average molecular weight is 337 g/mol. The molecule has 0 bridgehead atoms. The van der Waals surface area contributed by atoms with Gasteiger partial charge in [-0.05, 0) is 18.6 Å². The topological polar surface area (TPSA) is 58.2 Å². The average Bonchev–Trinajstić information content (AvgIpc) is 2.39. The second-order valence-corrected chi connectivity index (χ2v) is 7.34. The summed E-state index contributed by atoms with van der Waals surface area (Å²) in [5.74, 6) is -0.753. The molecule has 0 aliphatic rings. The third kappa shape index (κ3) is 5.54. The maximum Gasteiger partial charge on any atom is 0.243 e. The Morgan fingerprint density at radius 2 is 2.00 bits per heavy atom. The third-order valence-corrected chi connectivity index (χ3v) is 4.57. The molecule has 1 aromatic rings. The van der Waals surface area contributed by atoms with Crippen molar-refractivity contribution in [3.63, 3.8) is 0 Å². The number of unbranched alkanes of at least 4 members (excludes halogenated alkanes) is 1. The van der Waals surface area contributed by atoms with E-state index in [-0.39, 0.29) is 29.7 Å². The van der Waals surface area contributed by atoms with Crippen LogP contribution in [0, 0.1) is 5.82 Å². The van der Waals surface area contributed by atoms with Gasteiger partial charge in [-0.3, -0.25) is 0 Å². The smallest absolute Gasteiger partial charge is 0.243 e. The molecule has 0 atom stereocenters. The van der Waals surface area contributed by atoms with E-state index in [9.17, 15) is 12.8 Å².